The molecule has 0 saturated heterocycles. The number of amides is 1. The summed E-state index contributed by atoms with van der Waals surface area (Å²) in [5.74, 6) is -1.19. The van der Waals surface area contributed by atoms with Gasteiger partial charge >= 0.3 is 0 Å². The summed E-state index contributed by atoms with van der Waals surface area (Å²) >= 11 is 0. The predicted molar refractivity (Wildman–Crippen MR) is 44.1 cm³/mol. The quantitative estimate of drug-likeness (QED) is 0.567. The summed E-state index contributed by atoms with van der Waals surface area (Å²) < 4.78 is 20.9. The summed E-state index contributed by atoms with van der Waals surface area (Å²) in [5.41, 5.74) is 9.76. The first kappa shape index (κ1) is 13.3. The van der Waals surface area contributed by atoms with Gasteiger partial charge in [-0.1, -0.05) is 0 Å². The molecule has 0 aliphatic carbocycles. The third-order valence-corrected chi connectivity index (χ3v) is 1.81. The van der Waals surface area contributed by atoms with Crippen molar-refractivity contribution in [2.45, 2.75) is 6.04 Å². The summed E-state index contributed by atoms with van der Waals surface area (Å²) in [6.45, 7) is 0. The van der Waals surface area contributed by atoms with Gasteiger partial charge in [0.05, 0.1) is 11.8 Å². The van der Waals surface area contributed by atoms with Crippen molar-refractivity contribution in [3.8, 4) is 0 Å². The van der Waals surface area contributed by atoms with Crippen molar-refractivity contribution in [2.75, 3.05) is 12.0 Å². The van der Waals surface area contributed by atoms with Crippen molar-refractivity contribution in [3.05, 3.63) is 0 Å². The van der Waals surface area contributed by atoms with Crippen LogP contribution in [0.15, 0.2) is 0 Å². The SMILES string of the molecule is CS(=O)(=O)CC(N)C(N)=O.Cl. The van der Waals surface area contributed by atoms with E-state index in [9.17, 15) is 13.2 Å². The van der Waals surface area contributed by atoms with Gasteiger partial charge in [0.15, 0.2) is 0 Å². The van der Waals surface area contributed by atoms with Crippen LogP contribution in [0.25, 0.3) is 0 Å². The summed E-state index contributed by atoms with van der Waals surface area (Å²) in [6, 6.07) is -1.09. The minimum atomic E-state index is -3.19. The summed E-state index contributed by atoms with van der Waals surface area (Å²) in [5, 5.41) is 0. The van der Waals surface area contributed by atoms with Gasteiger partial charge in [-0.15, -0.1) is 12.4 Å². The predicted octanol–water partition coefficient (Wildman–Crippen LogP) is -1.73. The average molecular weight is 203 g/mol. The highest BCUT2D eigenvalue weighted by Crippen LogP contribution is 1.85. The Bertz CT molecular complexity index is 225. The van der Waals surface area contributed by atoms with Gasteiger partial charge < -0.3 is 11.5 Å². The molecule has 68 valence electrons. The molecular formula is C4H11ClN2O3S. The van der Waals surface area contributed by atoms with E-state index in [1.807, 2.05) is 0 Å². The Morgan fingerprint density at radius 2 is 1.91 bits per heavy atom. The van der Waals surface area contributed by atoms with Crippen LogP contribution in [0, 0.1) is 0 Å². The van der Waals surface area contributed by atoms with Crippen molar-refractivity contribution in [2.24, 2.45) is 11.5 Å². The van der Waals surface area contributed by atoms with Crippen LogP contribution in [0.4, 0.5) is 0 Å². The maximum Gasteiger partial charge on any atom is 0.235 e. The van der Waals surface area contributed by atoms with E-state index in [1.165, 1.54) is 0 Å². The molecule has 1 amide bonds. The Labute approximate surface area is 71.5 Å². The number of nitrogens with two attached hydrogens (primary N) is 2. The summed E-state index contributed by atoms with van der Waals surface area (Å²) in [4.78, 5) is 10.2. The Morgan fingerprint density at radius 1 is 1.55 bits per heavy atom. The second-order valence-electron chi connectivity index (χ2n) is 2.10. The van der Waals surface area contributed by atoms with Crippen LogP contribution in [-0.2, 0) is 14.6 Å². The lowest BCUT2D eigenvalue weighted by molar-refractivity contribution is -0.118. The molecule has 0 heterocycles. The first-order chi connectivity index (χ1) is 4.33. The lowest BCUT2D eigenvalue weighted by Crippen LogP contribution is -2.41. The highest BCUT2D eigenvalue weighted by atomic mass is 35.5. The van der Waals surface area contributed by atoms with E-state index in [0.29, 0.717) is 0 Å². The number of primary amides is 1. The Hall–Kier alpha value is -0.330. The molecule has 7 heteroatoms. The van der Waals surface area contributed by atoms with Crippen LogP contribution in [0.2, 0.25) is 0 Å². The molecule has 0 aromatic heterocycles. The van der Waals surface area contributed by atoms with Gasteiger partial charge in [-0.3, -0.25) is 4.79 Å². The van der Waals surface area contributed by atoms with Gasteiger partial charge in [0, 0.05) is 6.26 Å². The fourth-order valence-electron chi connectivity index (χ4n) is 0.408. The van der Waals surface area contributed by atoms with Crippen molar-refractivity contribution in [1.29, 1.82) is 0 Å². The lowest BCUT2D eigenvalue weighted by Gasteiger charge is -2.03. The van der Waals surface area contributed by atoms with E-state index < -0.39 is 21.8 Å². The zero-order chi connectivity index (χ0) is 8.36. The molecule has 0 radical (unpaired) electrons. The van der Waals surface area contributed by atoms with Gasteiger partial charge in [0.2, 0.25) is 5.91 Å². The van der Waals surface area contributed by atoms with Crippen LogP contribution in [0.5, 0.6) is 0 Å². The van der Waals surface area contributed by atoms with Crippen molar-refractivity contribution in [1.82, 2.24) is 0 Å². The Kier molecular flexibility index (Phi) is 5.46. The number of hydrogen-bond acceptors (Lipinski definition) is 4. The standard InChI is InChI=1S/C4H10N2O3S.ClH/c1-10(8,9)2-3(5)4(6)7;/h3H,2,5H2,1H3,(H2,6,7);1H. The van der Waals surface area contributed by atoms with Crippen molar-refractivity contribution < 1.29 is 13.2 Å². The van der Waals surface area contributed by atoms with Gasteiger partial charge in [-0.25, -0.2) is 8.42 Å². The van der Waals surface area contributed by atoms with E-state index in [0.717, 1.165) is 6.26 Å². The number of carbonyl (C=O) groups is 1. The number of sulfone groups is 1. The lowest BCUT2D eigenvalue weighted by atomic mass is 10.3. The normalized spacial score (nSPS) is 13.3. The second-order valence-corrected chi connectivity index (χ2v) is 4.29. The maximum atomic E-state index is 10.5. The number of halogens is 1. The number of rotatable bonds is 3. The van der Waals surface area contributed by atoms with Crippen LogP contribution < -0.4 is 11.5 Å². The molecule has 5 nitrogen and oxygen atoms in total. The monoisotopic (exact) mass is 202 g/mol. The first-order valence-electron chi connectivity index (χ1n) is 2.55. The van der Waals surface area contributed by atoms with E-state index in [4.69, 9.17) is 11.5 Å². The second kappa shape index (κ2) is 4.53. The first-order valence-corrected chi connectivity index (χ1v) is 4.61. The van der Waals surface area contributed by atoms with Crippen molar-refractivity contribution in [3.63, 3.8) is 0 Å². The average Bonchev–Trinajstić information content (AvgIpc) is 1.60. The van der Waals surface area contributed by atoms with Gasteiger partial charge in [0.25, 0.3) is 0 Å². The number of carbonyl (C=O) groups excluding carboxylic acids is 1. The molecular weight excluding hydrogens is 192 g/mol. The molecule has 0 aromatic rings. The van der Waals surface area contributed by atoms with Crippen LogP contribution >= 0.6 is 12.4 Å². The van der Waals surface area contributed by atoms with Gasteiger partial charge in [0.1, 0.15) is 9.84 Å². The third-order valence-electron chi connectivity index (χ3n) is 0.848. The van der Waals surface area contributed by atoms with Crippen LogP contribution in [0.3, 0.4) is 0 Å². The Balaban J connectivity index is 0. The molecule has 11 heavy (non-hydrogen) atoms. The molecule has 0 aliphatic heterocycles. The van der Waals surface area contributed by atoms with E-state index in [2.05, 4.69) is 0 Å². The molecule has 0 bridgehead atoms. The maximum absolute atomic E-state index is 10.5. The molecule has 0 spiro atoms. The topological polar surface area (TPSA) is 103 Å². The molecule has 1 atom stereocenters. The third kappa shape index (κ3) is 7.57. The minimum Gasteiger partial charge on any atom is -0.368 e. The zero-order valence-electron chi connectivity index (χ0n) is 5.98. The van der Waals surface area contributed by atoms with E-state index in [-0.39, 0.29) is 18.2 Å². The largest absolute Gasteiger partial charge is 0.368 e. The molecule has 0 aliphatic rings. The van der Waals surface area contributed by atoms with E-state index in [1.54, 1.807) is 0 Å². The molecule has 0 rings (SSSR count). The fourth-order valence-corrected chi connectivity index (χ4v) is 1.22. The van der Waals surface area contributed by atoms with Crippen molar-refractivity contribution >= 4 is 28.2 Å². The molecule has 0 fully saturated rings. The number of hydrogen-bond donors (Lipinski definition) is 2. The smallest absolute Gasteiger partial charge is 0.235 e. The fraction of sp³-hybridized carbons (Fsp3) is 0.750. The Morgan fingerprint density at radius 3 is 2.00 bits per heavy atom. The molecule has 0 saturated carbocycles. The van der Waals surface area contributed by atoms with E-state index >= 15 is 0 Å². The highest BCUT2D eigenvalue weighted by Gasteiger charge is 2.15. The molecule has 0 aromatic carbocycles. The summed E-state index contributed by atoms with van der Waals surface area (Å²) in [6.07, 6.45) is 0.996. The van der Waals surface area contributed by atoms with Crippen LogP contribution in [0.1, 0.15) is 0 Å². The minimum absolute atomic E-state index is 0. The van der Waals surface area contributed by atoms with Gasteiger partial charge in [-0.05, 0) is 0 Å². The van der Waals surface area contributed by atoms with Gasteiger partial charge in [-0.2, -0.15) is 0 Å². The molecule has 1 unspecified atom stereocenters. The molecule has 4 N–H and O–H groups in total. The van der Waals surface area contributed by atoms with Crippen LogP contribution in [-0.4, -0.2) is 32.4 Å². The summed E-state index contributed by atoms with van der Waals surface area (Å²) in [7, 11) is -3.19. The highest BCUT2D eigenvalue weighted by molar-refractivity contribution is 7.90. The zero-order valence-corrected chi connectivity index (χ0v) is 7.61.